The van der Waals surface area contributed by atoms with E-state index in [2.05, 4.69) is 11.3 Å². The summed E-state index contributed by atoms with van der Waals surface area (Å²) < 4.78 is 4.69. The second kappa shape index (κ2) is 5.04. The number of hydrogen-bond donors (Lipinski definition) is 0. The first-order chi connectivity index (χ1) is 8.69. The SMILES string of the molecule is C=CCN1C(=O)c2ccccc2C1CC(=O)OC. The van der Waals surface area contributed by atoms with E-state index in [-0.39, 0.29) is 24.3 Å². The average molecular weight is 245 g/mol. The Balaban J connectivity index is 2.36. The van der Waals surface area contributed by atoms with E-state index in [4.69, 9.17) is 0 Å². The molecule has 0 saturated carbocycles. The first kappa shape index (κ1) is 12.4. The molecule has 4 heteroatoms. The Hall–Kier alpha value is -2.10. The second-order valence-corrected chi connectivity index (χ2v) is 4.13. The van der Waals surface area contributed by atoms with E-state index in [0.717, 1.165) is 5.56 Å². The number of ether oxygens (including phenoxy) is 1. The van der Waals surface area contributed by atoms with E-state index in [9.17, 15) is 9.59 Å². The van der Waals surface area contributed by atoms with Gasteiger partial charge in [0.15, 0.2) is 0 Å². The molecule has 2 rings (SSSR count). The van der Waals surface area contributed by atoms with Crippen molar-refractivity contribution in [2.75, 3.05) is 13.7 Å². The van der Waals surface area contributed by atoms with Gasteiger partial charge in [-0.1, -0.05) is 24.3 Å². The zero-order chi connectivity index (χ0) is 13.1. The minimum atomic E-state index is -0.321. The molecule has 0 bridgehead atoms. The molecule has 0 aromatic heterocycles. The number of carbonyl (C=O) groups excluding carboxylic acids is 2. The van der Waals surface area contributed by atoms with Crippen LogP contribution in [0.1, 0.15) is 28.4 Å². The van der Waals surface area contributed by atoms with Gasteiger partial charge in [-0.25, -0.2) is 0 Å². The molecule has 1 heterocycles. The molecule has 1 unspecified atom stereocenters. The van der Waals surface area contributed by atoms with E-state index in [1.54, 1.807) is 17.0 Å². The molecule has 18 heavy (non-hydrogen) atoms. The molecular formula is C14H15NO3. The highest BCUT2D eigenvalue weighted by molar-refractivity contribution is 5.99. The van der Waals surface area contributed by atoms with Crippen molar-refractivity contribution in [3.63, 3.8) is 0 Å². The van der Waals surface area contributed by atoms with E-state index >= 15 is 0 Å². The molecule has 4 nitrogen and oxygen atoms in total. The second-order valence-electron chi connectivity index (χ2n) is 4.13. The summed E-state index contributed by atoms with van der Waals surface area (Å²) in [6.45, 7) is 4.07. The van der Waals surface area contributed by atoms with Crippen LogP contribution in [0.3, 0.4) is 0 Å². The molecule has 1 atom stereocenters. The first-order valence-corrected chi connectivity index (χ1v) is 5.76. The number of amides is 1. The van der Waals surface area contributed by atoms with Crippen LogP contribution in [0.4, 0.5) is 0 Å². The van der Waals surface area contributed by atoms with Crippen LogP contribution >= 0.6 is 0 Å². The summed E-state index contributed by atoms with van der Waals surface area (Å²) in [5.41, 5.74) is 1.54. The lowest BCUT2D eigenvalue weighted by Crippen LogP contribution is -2.29. The third-order valence-electron chi connectivity index (χ3n) is 3.10. The number of nitrogens with zero attached hydrogens (tertiary/aromatic N) is 1. The van der Waals surface area contributed by atoms with Crippen LogP contribution in [-0.4, -0.2) is 30.4 Å². The van der Waals surface area contributed by atoms with Gasteiger partial charge in [0.25, 0.3) is 5.91 Å². The maximum atomic E-state index is 12.2. The lowest BCUT2D eigenvalue weighted by atomic mass is 10.0. The molecule has 0 radical (unpaired) electrons. The highest BCUT2D eigenvalue weighted by Crippen LogP contribution is 2.35. The number of carbonyl (C=O) groups is 2. The lowest BCUT2D eigenvalue weighted by Gasteiger charge is -2.23. The van der Waals surface area contributed by atoms with Crippen molar-refractivity contribution < 1.29 is 14.3 Å². The number of fused-ring (bicyclic) bond motifs is 1. The smallest absolute Gasteiger partial charge is 0.307 e. The molecule has 1 aromatic rings. The van der Waals surface area contributed by atoms with Crippen molar-refractivity contribution in [2.45, 2.75) is 12.5 Å². The van der Waals surface area contributed by atoms with Gasteiger partial charge in [0.05, 0.1) is 19.6 Å². The van der Waals surface area contributed by atoms with Crippen LogP contribution in [0.5, 0.6) is 0 Å². The van der Waals surface area contributed by atoms with Gasteiger partial charge in [-0.05, 0) is 11.6 Å². The predicted octanol–water partition coefficient (Wildman–Crippen LogP) is 1.93. The van der Waals surface area contributed by atoms with Crippen LogP contribution < -0.4 is 0 Å². The van der Waals surface area contributed by atoms with Crippen molar-refractivity contribution in [3.05, 3.63) is 48.0 Å². The van der Waals surface area contributed by atoms with Crippen LogP contribution in [0.15, 0.2) is 36.9 Å². The van der Waals surface area contributed by atoms with Gasteiger partial charge in [0.1, 0.15) is 0 Å². The number of rotatable bonds is 4. The fourth-order valence-electron chi connectivity index (χ4n) is 2.26. The summed E-state index contributed by atoms with van der Waals surface area (Å²) in [5, 5.41) is 0. The quantitative estimate of drug-likeness (QED) is 0.601. The fourth-order valence-corrected chi connectivity index (χ4v) is 2.26. The van der Waals surface area contributed by atoms with Gasteiger partial charge in [-0.3, -0.25) is 9.59 Å². The molecule has 0 saturated heterocycles. The predicted molar refractivity (Wildman–Crippen MR) is 67.0 cm³/mol. The summed E-state index contributed by atoms with van der Waals surface area (Å²) in [5.74, 6) is -0.377. The minimum Gasteiger partial charge on any atom is -0.469 e. The maximum absolute atomic E-state index is 12.2. The normalized spacial score (nSPS) is 17.5. The molecule has 1 aliphatic heterocycles. The summed E-state index contributed by atoms with van der Waals surface area (Å²) in [7, 11) is 1.35. The number of esters is 1. The van der Waals surface area contributed by atoms with Crippen molar-refractivity contribution >= 4 is 11.9 Å². The summed E-state index contributed by atoms with van der Waals surface area (Å²) in [6, 6.07) is 7.10. The molecule has 1 aromatic carbocycles. The lowest BCUT2D eigenvalue weighted by molar-refractivity contribution is -0.141. The van der Waals surface area contributed by atoms with Crippen molar-refractivity contribution in [1.82, 2.24) is 4.90 Å². The summed E-state index contributed by atoms with van der Waals surface area (Å²) >= 11 is 0. The Morgan fingerprint density at radius 2 is 2.22 bits per heavy atom. The zero-order valence-corrected chi connectivity index (χ0v) is 10.3. The first-order valence-electron chi connectivity index (χ1n) is 5.76. The maximum Gasteiger partial charge on any atom is 0.307 e. The standard InChI is InChI=1S/C14H15NO3/c1-3-8-15-12(9-13(16)18-2)10-6-4-5-7-11(10)14(15)17/h3-7,12H,1,8-9H2,2H3. The van der Waals surface area contributed by atoms with Crippen LogP contribution in [-0.2, 0) is 9.53 Å². The largest absolute Gasteiger partial charge is 0.469 e. The van der Waals surface area contributed by atoms with Gasteiger partial charge < -0.3 is 9.64 Å². The van der Waals surface area contributed by atoms with E-state index < -0.39 is 0 Å². The fraction of sp³-hybridized carbons (Fsp3) is 0.286. The zero-order valence-electron chi connectivity index (χ0n) is 10.3. The third kappa shape index (κ3) is 2.01. The summed E-state index contributed by atoms with van der Waals surface area (Å²) in [4.78, 5) is 25.3. The highest BCUT2D eigenvalue weighted by Gasteiger charge is 2.36. The van der Waals surface area contributed by atoms with E-state index in [1.807, 2.05) is 18.2 Å². The van der Waals surface area contributed by atoms with Gasteiger partial charge in [-0.15, -0.1) is 6.58 Å². The molecule has 1 aliphatic rings. The Morgan fingerprint density at radius 1 is 1.50 bits per heavy atom. The molecule has 1 amide bonds. The Labute approximate surface area is 106 Å². The Kier molecular flexibility index (Phi) is 3.46. The number of benzene rings is 1. The van der Waals surface area contributed by atoms with Gasteiger partial charge in [-0.2, -0.15) is 0 Å². The van der Waals surface area contributed by atoms with Crippen molar-refractivity contribution in [2.24, 2.45) is 0 Å². The summed E-state index contributed by atoms with van der Waals surface area (Å²) in [6.07, 6.45) is 1.83. The molecule has 0 fully saturated rings. The monoisotopic (exact) mass is 245 g/mol. The van der Waals surface area contributed by atoms with Crippen LogP contribution in [0.2, 0.25) is 0 Å². The average Bonchev–Trinajstić information content (AvgIpc) is 2.65. The van der Waals surface area contributed by atoms with E-state index in [1.165, 1.54) is 7.11 Å². The molecular weight excluding hydrogens is 230 g/mol. The van der Waals surface area contributed by atoms with Gasteiger partial charge in [0, 0.05) is 12.1 Å². The molecule has 0 aliphatic carbocycles. The Morgan fingerprint density at radius 3 is 2.89 bits per heavy atom. The van der Waals surface area contributed by atoms with Crippen LogP contribution in [0, 0.1) is 0 Å². The van der Waals surface area contributed by atoms with Gasteiger partial charge in [0.2, 0.25) is 0 Å². The van der Waals surface area contributed by atoms with Crippen molar-refractivity contribution in [3.8, 4) is 0 Å². The molecule has 94 valence electrons. The Bertz CT molecular complexity index is 496. The topological polar surface area (TPSA) is 46.6 Å². The molecule has 0 N–H and O–H groups in total. The number of hydrogen-bond acceptors (Lipinski definition) is 3. The minimum absolute atomic E-state index is 0.0561. The highest BCUT2D eigenvalue weighted by atomic mass is 16.5. The molecule has 0 spiro atoms. The van der Waals surface area contributed by atoms with E-state index in [0.29, 0.717) is 12.1 Å². The van der Waals surface area contributed by atoms with Crippen molar-refractivity contribution in [1.29, 1.82) is 0 Å². The third-order valence-corrected chi connectivity index (χ3v) is 3.10. The number of methoxy groups -OCH3 is 1. The van der Waals surface area contributed by atoms with Gasteiger partial charge >= 0.3 is 5.97 Å². The van der Waals surface area contributed by atoms with Crippen LogP contribution in [0.25, 0.3) is 0 Å².